The van der Waals surface area contributed by atoms with Gasteiger partial charge in [0.15, 0.2) is 5.96 Å². The van der Waals surface area contributed by atoms with E-state index in [0.717, 1.165) is 19.5 Å². The highest BCUT2D eigenvalue weighted by Crippen LogP contribution is 2.24. The summed E-state index contributed by atoms with van der Waals surface area (Å²) in [6.07, 6.45) is -1.17. The van der Waals surface area contributed by atoms with Gasteiger partial charge >= 0.3 is 6.36 Å². The Hall–Kier alpha value is -1.23. The van der Waals surface area contributed by atoms with Crippen molar-refractivity contribution >= 4 is 35.6 Å². The SMILES string of the molecule is CCN1CCCCC1CN=C(N)Nc1ccc(OC(F)(F)F)cc1.I. The van der Waals surface area contributed by atoms with Crippen molar-refractivity contribution in [3.05, 3.63) is 24.3 Å². The van der Waals surface area contributed by atoms with Gasteiger partial charge in [0.2, 0.25) is 0 Å². The van der Waals surface area contributed by atoms with E-state index >= 15 is 0 Å². The molecule has 0 aromatic heterocycles. The number of aliphatic imine (C=N–C) groups is 1. The summed E-state index contributed by atoms with van der Waals surface area (Å²) >= 11 is 0. The lowest BCUT2D eigenvalue weighted by atomic mass is 10.0. The van der Waals surface area contributed by atoms with Crippen molar-refractivity contribution in [2.45, 2.75) is 38.6 Å². The first kappa shape index (κ1) is 21.8. The maximum atomic E-state index is 12.1. The van der Waals surface area contributed by atoms with Crippen LogP contribution in [0.15, 0.2) is 29.3 Å². The summed E-state index contributed by atoms with van der Waals surface area (Å²) in [5, 5.41) is 2.88. The van der Waals surface area contributed by atoms with E-state index in [4.69, 9.17) is 5.73 Å². The van der Waals surface area contributed by atoms with Gasteiger partial charge in [0.25, 0.3) is 0 Å². The predicted molar refractivity (Wildman–Crippen MR) is 104 cm³/mol. The van der Waals surface area contributed by atoms with Gasteiger partial charge in [-0.2, -0.15) is 0 Å². The molecule has 1 aliphatic rings. The number of nitrogens with zero attached hydrogens (tertiary/aromatic N) is 2. The number of rotatable bonds is 5. The summed E-state index contributed by atoms with van der Waals surface area (Å²) in [5.74, 6) is -0.0227. The molecule has 0 spiro atoms. The number of ether oxygens (including phenoxy) is 1. The average molecular weight is 472 g/mol. The summed E-state index contributed by atoms with van der Waals surface area (Å²) in [6, 6.07) is 5.77. The van der Waals surface area contributed by atoms with Crippen LogP contribution in [0.25, 0.3) is 0 Å². The van der Waals surface area contributed by atoms with Crippen molar-refractivity contribution in [3.63, 3.8) is 0 Å². The van der Waals surface area contributed by atoms with E-state index in [1.54, 1.807) is 0 Å². The third-order valence-electron chi connectivity index (χ3n) is 3.99. The van der Waals surface area contributed by atoms with Gasteiger partial charge < -0.3 is 15.8 Å². The topological polar surface area (TPSA) is 62.9 Å². The second-order valence-corrected chi connectivity index (χ2v) is 5.70. The molecule has 1 unspecified atom stereocenters. The number of piperidine rings is 1. The highest BCUT2D eigenvalue weighted by Gasteiger charge is 2.30. The number of likely N-dealkylation sites (tertiary alicyclic amines) is 1. The van der Waals surface area contributed by atoms with Gasteiger partial charge in [0.05, 0.1) is 6.54 Å². The van der Waals surface area contributed by atoms with Crippen LogP contribution in [0.4, 0.5) is 18.9 Å². The molecule has 0 aliphatic carbocycles. The number of likely N-dealkylation sites (N-methyl/N-ethyl adjacent to an activating group) is 1. The molecule has 1 heterocycles. The van der Waals surface area contributed by atoms with Gasteiger partial charge in [-0.05, 0) is 50.2 Å². The van der Waals surface area contributed by atoms with Gasteiger partial charge in [-0.3, -0.25) is 9.89 Å². The molecule has 2 rings (SSSR count). The Bertz CT molecular complexity index is 551. The summed E-state index contributed by atoms with van der Waals surface area (Å²) in [6.45, 7) is 4.83. The van der Waals surface area contributed by atoms with E-state index in [2.05, 4.69) is 26.9 Å². The lowest BCUT2D eigenvalue weighted by Crippen LogP contribution is -2.41. The fourth-order valence-electron chi connectivity index (χ4n) is 2.81. The van der Waals surface area contributed by atoms with Crippen LogP contribution in [0.5, 0.6) is 5.75 Å². The summed E-state index contributed by atoms with van der Waals surface area (Å²) in [5.41, 5.74) is 6.42. The molecule has 5 nitrogen and oxygen atoms in total. The number of hydrogen-bond donors (Lipinski definition) is 2. The Balaban J connectivity index is 0.00000312. The number of hydrogen-bond acceptors (Lipinski definition) is 3. The van der Waals surface area contributed by atoms with Crippen molar-refractivity contribution < 1.29 is 17.9 Å². The summed E-state index contributed by atoms with van der Waals surface area (Å²) in [7, 11) is 0. The molecule has 1 atom stereocenters. The number of nitrogens with two attached hydrogens (primary N) is 1. The van der Waals surface area contributed by atoms with Crippen LogP contribution in [-0.4, -0.2) is 42.9 Å². The Morgan fingerprint density at radius 2 is 2.00 bits per heavy atom. The average Bonchev–Trinajstić information content (AvgIpc) is 2.53. The first-order valence-electron chi connectivity index (χ1n) is 8.04. The molecule has 142 valence electrons. The number of benzene rings is 1. The van der Waals surface area contributed by atoms with Crippen LogP contribution in [0.1, 0.15) is 26.2 Å². The Morgan fingerprint density at radius 3 is 2.60 bits per heavy atom. The summed E-state index contributed by atoms with van der Waals surface area (Å²) in [4.78, 5) is 6.75. The van der Waals surface area contributed by atoms with Crippen molar-refractivity contribution in [2.75, 3.05) is 25.0 Å². The molecule has 1 saturated heterocycles. The molecule has 1 aliphatic heterocycles. The molecule has 1 aromatic carbocycles. The van der Waals surface area contributed by atoms with E-state index in [9.17, 15) is 13.2 Å². The van der Waals surface area contributed by atoms with Gasteiger partial charge in [-0.15, -0.1) is 37.1 Å². The first-order valence-corrected chi connectivity index (χ1v) is 8.04. The zero-order valence-corrected chi connectivity index (χ0v) is 16.4. The van der Waals surface area contributed by atoms with Gasteiger partial charge in [-0.1, -0.05) is 13.3 Å². The molecule has 0 saturated carbocycles. The molecule has 0 radical (unpaired) electrons. The fourth-order valence-corrected chi connectivity index (χ4v) is 2.81. The molecule has 1 aromatic rings. The number of halogens is 4. The second-order valence-electron chi connectivity index (χ2n) is 5.70. The number of guanidine groups is 1. The normalized spacial score (nSPS) is 19.2. The highest BCUT2D eigenvalue weighted by atomic mass is 127. The quantitative estimate of drug-likeness (QED) is 0.389. The molecule has 9 heteroatoms. The molecule has 25 heavy (non-hydrogen) atoms. The first-order chi connectivity index (χ1) is 11.4. The molecule has 1 fully saturated rings. The van der Waals surface area contributed by atoms with E-state index in [1.807, 2.05) is 0 Å². The van der Waals surface area contributed by atoms with Crippen LogP contribution in [0.2, 0.25) is 0 Å². The van der Waals surface area contributed by atoms with E-state index in [-0.39, 0.29) is 35.7 Å². The zero-order chi connectivity index (χ0) is 17.6. The van der Waals surface area contributed by atoms with Crippen LogP contribution in [0.3, 0.4) is 0 Å². The van der Waals surface area contributed by atoms with Crippen molar-refractivity contribution in [1.29, 1.82) is 0 Å². The van der Waals surface area contributed by atoms with Gasteiger partial charge in [0.1, 0.15) is 5.75 Å². The molecular formula is C16H24F3IN4O. The predicted octanol–water partition coefficient (Wildman–Crippen LogP) is 3.80. The third-order valence-corrected chi connectivity index (χ3v) is 3.99. The Kier molecular flexibility index (Phi) is 8.77. The largest absolute Gasteiger partial charge is 0.573 e. The lowest BCUT2D eigenvalue weighted by molar-refractivity contribution is -0.274. The van der Waals surface area contributed by atoms with Gasteiger partial charge in [-0.25, -0.2) is 0 Å². The minimum absolute atomic E-state index is 0. The highest BCUT2D eigenvalue weighted by molar-refractivity contribution is 14.0. The third kappa shape index (κ3) is 7.68. The Morgan fingerprint density at radius 1 is 1.32 bits per heavy atom. The lowest BCUT2D eigenvalue weighted by Gasteiger charge is -2.33. The molecule has 0 amide bonds. The standard InChI is InChI=1S/C16H23F3N4O.HI/c1-2-23-10-4-3-5-13(23)11-21-15(20)22-12-6-8-14(9-7-12)24-16(17,18)19;/h6-9,13H,2-5,10-11H2,1H3,(H3,20,21,22);1H. The Labute approximate surface area is 162 Å². The fraction of sp³-hybridized carbons (Fsp3) is 0.562. The number of alkyl halides is 3. The maximum absolute atomic E-state index is 12.1. The van der Waals surface area contributed by atoms with Crippen molar-refractivity contribution in [2.24, 2.45) is 10.7 Å². The number of anilines is 1. The maximum Gasteiger partial charge on any atom is 0.573 e. The van der Waals surface area contributed by atoms with E-state index < -0.39 is 6.36 Å². The minimum Gasteiger partial charge on any atom is -0.406 e. The summed E-state index contributed by atoms with van der Waals surface area (Å²) < 4.78 is 40.1. The molecule has 0 bridgehead atoms. The van der Waals surface area contributed by atoms with Crippen LogP contribution in [-0.2, 0) is 0 Å². The van der Waals surface area contributed by atoms with E-state index in [1.165, 1.54) is 37.1 Å². The van der Waals surface area contributed by atoms with Crippen LogP contribution in [0, 0.1) is 0 Å². The van der Waals surface area contributed by atoms with Gasteiger partial charge in [0, 0.05) is 11.7 Å². The minimum atomic E-state index is -4.69. The zero-order valence-electron chi connectivity index (χ0n) is 14.1. The van der Waals surface area contributed by atoms with Crippen molar-refractivity contribution in [3.8, 4) is 5.75 Å². The van der Waals surface area contributed by atoms with Crippen LogP contribution >= 0.6 is 24.0 Å². The van der Waals surface area contributed by atoms with Crippen LogP contribution < -0.4 is 15.8 Å². The van der Waals surface area contributed by atoms with Crippen molar-refractivity contribution in [1.82, 2.24) is 4.90 Å². The second kappa shape index (κ2) is 10.0. The smallest absolute Gasteiger partial charge is 0.406 e. The molecular weight excluding hydrogens is 448 g/mol. The monoisotopic (exact) mass is 472 g/mol. The van der Waals surface area contributed by atoms with E-state index in [0.29, 0.717) is 18.3 Å². The molecule has 3 N–H and O–H groups in total. The number of nitrogens with one attached hydrogen (secondary N) is 1.